The minimum Gasteiger partial charge on any atom is -0.322 e. The maximum Gasteiger partial charge on any atom is 0.416 e. The molecule has 0 aliphatic heterocycles. The molecular weight excluding hydrogens is 582 g/mol. The average molecular weight is 605 g/mol. The SMILES string of the molecule is O=CN(c1cc(/C=C/c2ccc3ccccc3c2)cc(C(=O)Nc2cccc(C(F)(F)F)c2)c1)c1cccc(C(F)(F)F)c1. The standard InChI is InChI=1S/C34H22F6N2O2/c35-33(36,37)27-7-3-9-29(19-27)41-32(44)26-16-23(12-11-22-13-14-24-5-1-2-6-25(24)15-22)17-31(18-26)42(21-43)30-10-4-8-28(20-30)34(38,39)40/h1-21H,(H,41,44)/b12-11+. The van der Waals surface area contributed by atoms with Gasteiger partial charge in [-0.15, -0.1) is 0 Å². The highest BCUT2D eigenvalue weighted by Gasteiger charge is 2.31. The van der Waals surface area contributed by atoms with Crippen molar-refractivity contribution in [1.29, 1.82) is 0 Å². The van der Waals surface area contributed by atoms with Gasteiger partial charge in [0.15, 0.2) is 0 Å². The Kier molecular flexibility index (Phi) is 8.26. The molecule has 44 heavy (non-hydrogen) atoms. The molecule has 222 valence electrons. The number of hydrogen-bond donors (Lipinski definition) is 1. The van der Waals surface area contributed by atoms with Crippen LogP contribution in [0.5, 0.6) is 0 Å². The van der Waals surface area contributed by atoms with Gasteiger partial charge in [-0.05, 0) is 82.6 Å². The topological polar surface area (TPSA) is 49.4 Å². The van der Waals surface area contributed by atoms with Gasteiger partial charge in [-0.2, -0.15) is 26.3 Å². The number of anilines is 3. The van der Waals surface area contributed by atoms with Gasteiger partial charge in [-0.25, -0.2) is 0 Å². The first-order chi connectivity index (χ1) is 20.9. The number of benzene rings is 5. The minimum absolute atomic E-state index is 0.0445. The van der Waals surface area contributed by atoms with Crippen molar-refractivity contribution >= 4 is 52.3 Å². The normalized spacial score (nSPS) is 12.0. The molecule has 5 aromatic carbocycles. The van der Waals surface area contributed by atoms with Gasteiger partial charge in [0.25, 0.3) is 5.91 Å². The molecule has 4 nitrogen and oxygen atoms in total. The third kappa shape index (κ3) is 6.97. The van der Waals surface area contributed by atoms with Gasteiger partial charge in [0.1, 0.15) is 0 Å². The summed E-state index contributed by atoms with van der Waals surface area (Å²) < 4.78 is 79.8. The number of alkyl halides is 6. The van der Waals surface area contributed by atoms with Crippen LogP contribution in [0.25, 0.3) is 22.9 Å². The van der Waals surface area contributed by atoms with E-state index in [1.165, 1.54) is 30.3 Å². The molecule has 0 aliphatic carbocycles. The molecule has 0 atom stereocenters. The Balaban J connectivity index is 1.55. The van der Waals surface area contributed by atoms with Crippen molar-refractivity contribution in [1.82, 2.24) is 0 Å². The minimum atomic E-state index is -4.66. The Hall–Kier alpha value is -5.38. The Morgan fingerprint density at radius 2 is 1.27 bits per heavy atom. The van der Waals surface area contributed by atoms with Crippen LogP contribution in [0, 0.1) is 0 Å². The highest BCUT2D eigenvalue weighted by Crippen LogP contribution is 2.35. The van der Waals surface area contributed by atoms with Crippen LogP contribution in [-0.2, 0) is 17.1 Å². The van der Waals surface area contributed by atoms with Crippen molar-refractivity contribution in [3.05, 3.63) is 137 Å². The molecule has 0 bridgehead atoms. The van der Waals surface area contributed by atoms with Crippen molar-refractivity contribution in [2.75, 3.05) is 10.2 Å². The Labute approximate surface area is 247 Å². The summed E-state index contributed by atoms with van der Waals surface area (Å²) in [5, 5.41) is 4.44. The fraction of sp³-hybridized carbons (Fsp3) is 0.0588. The first-order valence-corrected chi connectivity index (χ1v) is 13.1. The summed E-state index contributed by atoms with van der Waals surface area (Å²) in [5.74, 6) is -0.790. The Morgan fingerprint density at radius 1 is 0.614 bits per heavy atom. The third-order valence-electron chi connectivity index (χ3n) is 6.73. The Bertz CT molecular complexity index is 1880. The molecule has 0 unspecified atom stereocenters. The first kappa shape index (κ1) is 30.1. The van der Waals surface area contributed by atoms with Crippen LogP contribution in [-0.4, -0.2) is 12.3 Å². The maximum absolute atomic E-state index is 13.4. The number of amides is 2. The molecule has 2 amide bonds. The summed E-state index contributed by atoms with van der Waals surface area (Å²) in [6, 6.07) is 25.9. The van der Waals surface area contributed by atoms with E-state index in [1.807, 2.05) is 42.5 Å². The molecule has 0 aliphatic rings. The fourth-order valence-corrected chi connectivity index (χ4v) is 4.58. The van der Waals surface area contributed by atoms with Gasteiger partial charge in [0.05, 0.1) is 11.1 Å². The molecule has 5 rings (SSSR count). The molecule has 1 N–H and O–H groups in total. The van der Waals surface area contributed by atoms with Crippen LogP contribution in [0.2, 0.25) is 0 Å². The van der Waals surface area contributed by atoms with Gasteiger partial charge in [0, 0.05) is 22.6 Å². The quantitative estimate of drug-likeness (QED) is 0.114. The fourth-order valence-electron chi connectivity index (χ4n) is 4.58. The molecule has 0 aromatic heterocycles. The number of carbonyl (C=O) groups excluding carboxylic acids is 2. The lowest BCUT2D eigenvalue weighted by atomic mass is 10.0. The van der Waals surface area contributed by atoms with Crippen molar-refractivity contribution in [3.63, 3.8) is 0 Å². The van der Waals surface area contributed by atoms with Crippen molar-refractivity contribution in [3.8, 4) is 0 Å². The summed E-state index contributed by atoms with van der Waals surface area (Å²) in [5.41, 5.74) is -0.913. The predicted octanol–water partition coefficient (Wildman–Crippen LogP) is 9.59. The summed E-state index contributed by atoms with van der Waals surface area (Å²) in [6.45, 7) is 0. The van der Waals surface area contributed by atoms with E-state index in [-0.39, 0.29) is 22.6 Å². The monoisotopic (exact) mass is 604 g/mol. The molecule has 5 aromatic rings. The molecule has 0 heterocycles. The summed E-state index contributed by atoms with van der Waals surface area (Å²) in [6.07, 6.45) is -5.56. The van der Waals surface area contributed by atoms with Crippen LogP contribution in [0.3, 0.4) is 0 Å². The number of nitrogens with one attached hydrogen (secondary N) is 1. The summed E-state index contributed by atoms with van der Waals surface area (Å²) >= 11 is 0. The van der Waals surface area contributed by atoms with Gasteiger partial charge in [0.2, 0.25) is 6.41 Å². The second kappa shape index (κ2) is 12.1. The number of nitrogens with zero attached hydrogens (tertiary/aromatic N) is 1. The van der Waals surface area contributed by atoms with Crippen molar-refractivity contribution in [2.45, 2.75) is 12.4 Å². The molecule has 0 saturated carbocycles. The lowest BCUT2D eigenvalue weighted by Gasteiger charge is -2.20. The van der Waals surface area contributed by atoms with E-state index in [0.717, 1.165) is 57.6 Å². The van der Waals surface area contributed by atoms with Gasteiger partial charge in [-0.1, -0.05) is 60.7 Å². The van der Waals surface area contributed by atoms with E-state index in [0.29, 0.717) is 12.0 Å². The summed E-state index contributed by atoms with van der Waals surface area (Å²) in [4.78, 5) is 26.4. The van der Waals surface area contributed by atoms with E-state index >= 15 is 0 Å². The largest absolute Gasteiger partial charge is 0.416 e. The number of halogens is 6. The molecule has 10 heteroatoms. The summed E-state index contributed by atoms with van der Waals surface area (Å²) in [7, 11) is 0. The lowest BCUT2D eigenvalue weighted by Crippen LogP contribution is -2.18. The first-order valence-electron chi connectivity index (χ1n) is 13.1. The number of hydrogen-bond acceptors (Lipinski definition) is 2. The predicted molar refractivity (Wildman–Crippen MR) is 158 cm³/mol. The van der Waals surface area contributed by atoms with Gasteiger partial charge >= 0.3 is 12.4 Å². The molecular formula is C34H22F6N2O2. The molecule has 0 spiro atoms. The van der Waals surface area contributed by atoms with Crippen LogP contribution in [0.15, 0.2) is 109 Å². The van der Waals surface area contributed by atoms with Crippen LogP contribution >= 0.6 is 0 Å². The van der Waals surface area contributed by atoms with Crippen molar-refractivity contribution < 1.29 is 35.9 Å². The zero-order chi connectivity index (χ0) is 31.5. The highest BCUT2D eigenvalue weighted by molar-refractivity contribution is 6.06. The Morgan fingerprint density at radius 3 is 1.98 bits per heavy atom. The number of fused-ring (bicyclic) bond motifs is 1. The average Bonchev–Trinajstić information content (AvgIpc) is 3.00. The molecule has 0 radical (unpaired) electrons. The molecule has 0 fully saturated rings. The second-order valence-corrected chi connectivity index (χ2v) is 9.81. The van der Waals surface area contributed by atoms with E-state index in [1.54, 1.807) is 12.2 Å². The molecule has 0 saturated heterocycles. The zero-order valence-corrected chi connectivity index (χ0v) is 22.7. The van der Waals surface area contributed by atoms with Crippen LogP contribution < -0.4 is 10.2 Å². The van der Waals surface area contributed by atoms with Crippen LogP contribution in [0.4, 0.5) is 43.4 Å². The van der Waals surface area contributed by atoms with E-state index in [4.69, 9.17) is 0 Å². The van der Waals surface area contributed by atoms with Crippen molar-refractivity contribution in [2.24, 2.45) is 0 Å². The number of rotatable bonds is 7. The maximum atomic E-state index is 13.4. The van der Waals surface area contributed by atoms with Gasteiger partial charge < -0.3 is 5.32 Å². The van der Waals surface area contributed by atoms with Gasteiger partial charge in [-0.3, -0.25) is 14.5 Å². The lowest BCUT2D eigenvalue weighted by molar-refractivity contribution is -0.138. The second-order valence-electron chi connectivity index (χ2n) is 9.81. The van der Waals surface area contributed by atoms with E-state index < -0.39 is 29.4 Å². The zero-order valence-electron chi connectivity index (χ0n) is 22.7. The van der Waals surface area contributed by atoms with Crippen LogP contribution in [0.1, 0.15) is 32.6 Å². The smallest absolute Gasteiger partial charge is 0.322 e. The van der Waals surface area contributed by atoms with E-state index in [9.17, 15) is 35.9 Å². The number of carbonyl (C=O) groups is 2. The van der Waals surface area contributed by atoms with E-state index in [2.05, 4.69) is 5.32 Å². The highest BCUT2D eigenvalue weighted by atomic mass is 19.4. The third-order valence-corrected chi connectivity index (χ3v) is 6.73.